The van der Waals surface area contributed by atoms with Gasteiger partial charge in [0.15, 0.2) is 0 Å². The molecule has 0 saturated heterocycles. The minimum atomic E-state index is -1.39. The lowest BCUT2D eigenvalue weighted by Gasteiger charge is -2.37. The van der Waals surface area contributed by atoms with Crippen LogP contribution in [0.2, 0.25) is 0 Å². The Bertz CT molecular complexity index is 1230. The maximum Gasteiger partial charge on any atom is 0.408 e. The van der Waals surface area contributed by atoms with Crippen LogP contribution in [0.15, 0.2) is 48.5 Å². The topological polar surface area (TPSA) is 140 Å². The van der Waals surface area contributed by atoms with Gasteiger partial charge in [0.05, 0.1) is 13.5 Å². The maximum atomic E-state index is 14.0. The van der Waals surface area contributed by atoms with E-state index in [0.717, 1.165) is 0 Å². The number of nitrogens with zero attached hydrogens (tertiary/aromatic N) is 1. The molecule has 0 fully saturated rings. The summed E-state index contributed by atoms with van der Waals surface area (Å²) in [5, 5.41) is 5.26. The second kappa shape index (κ2) is 13.3. The number of hydrogen-bond donors (Lipinski definition) is 3. The summed E-state index contributed by atoms with van der Waals surface area (Å²) >= 11 is 0. The van der Waals surface area contributed by atoms with Crippen molar-refractivity contribution in [1.29, 1.82) is 0 Å². The molecule has 4 amide bonds. The minimum absolute atomic E-state index is 0.392. The Morgan fingerprint density at radius 1 is 1.05 bits per heavy atom. The molecule has 2 atom stereocenters. The van der Waals surface area contributed by atoms with E-state index in [1.165, 1.54) is 12.0 Å². The van der Waals surface area contributed by atoms with Crippen LogP contribution in [-0.4, -0.2) is 53.5 Å². The Morgan fingerprint density at radius 2 is 1.67 bits per heavy atom. The number of rotatable bonds is 10. The van der Waals surface area contributed by atoms with Crippen molar-refractivity contribution in [1.82, 2.24) is 10.2 Å². The first-order valence-corrected chi connectivity index (χ1v) is 12.4. The highest BCUT2D eigenvalue weighted by Gasteiger charge is 2.39. The first-order valence-electron chi connectivity index (χ1n) is 12.4. The lowest BCUT2D eigenvalue weighted by atomic mass is 9.96. The summed E-state index contributed by atoms with van der Waals surface area (Å²) in [4.78, 5) is 53.5. The smallest absolute Gasteiger partial charge is 0.408 e. The second-order valence-corrected chi connectivity index (χ2v) is 10.1. The van der Waals surface area contributed by atoms with Crippen molar-refractivity contribution in [2.75, 3.05) is 12.4 Å². The highest BCUT2D eigenvalue weighted by Crippen LogP contribution is 2.29. The van der Waals surface area contributed by atoms with Crippen LogP contribution < -0.4 is 21.1 Å². The van der Waals surface area contributed by atoms with E-state index >= 15 is 0 Å². The molecule has 2 rings (SSSR count). The van der Waals surface area contributed by atoms with E-state index in [4.69, 9.17) is 21.6 Å². The van der Waals surface area contributed by atoms with Crippen LogP contribution in [0, 0.1) is 12.3 Å². The average molecular weight is 537 g/mol. The Morgan fingerprint density at radius 3 is 2.18 bits per heavy atom. The van der Waals surface area contributed by atoms with Gasteiger partial charge in [-0.25, -0.2) is 4.79 Å². The molecule has 0 aliphatic heterocycles. The quantitative estimate of drug-likeness (QED) is 0.398. The van der Waals surface area contributed by atoms with E-state index in [0.29, 0.717) is 22.6 Å². The number of amides is 4. The number of methoxy groups -OCH3 is 1. The lowest BCUT2D eigenvalue weighted by Crippen LogP contribution is -2.55. The standard InChI is InChI=1S/C29H36N4O6/c1-8-19-11-9-10-12-22(19)25(26(35)31-20-13-15-21(38-7)16-14-20)33(18(2)3)27(36)23(17-24(30)34)32-28(37)39-29(4,5)6/h1,9-16,18,23,25H,17H2,2-7H3,(H2,30,34)(H,31,35)(H,32,37). The van der Waals surface area contributed by atoms with Gasteiger partial charge in [-0.1, -0.05) is 24.1 Å². The summed E-state index contributed by atoms with van der Waals surface area (Å²) in [7, 11) is 1.53. The molecule has 0 aliphatic carbocycles. The molecule has 208 valence electrons. The Balaban J connectivity index is 2.57. The van der Waals surface area contributed by atoms with Gasteiger partial charge >= 0.3 is 6.09 Å². The van der Waals surface area contributed by atoms with E-state index < -0.39 is 54.0 Å². The monoisotopic (exact) mass is 536 g/mol. The van der Waals surface area contributed by atoms with Crippen molar-refractivity contribution in [2.45, 2.75) is 64.8 Å². The van der Waals surface area contributed by atoms with E-state index in [2.05, 4.69) is 16.6 Å². The molecule has 2 aromatic carbocycles. The molecule has 0 radical (unpaired) electrons. The zero-order valence-electron chi connectivity index (χ0n) is 23.1. The summed E-state index contributed by atoms with van der Waals surface area (Å²) in [6.45, 7) is 8.40. The summed E-state index contributed by atoms with van der Waals surface area (Å²) in [5.74, 6) is 1.07. The first-order chi connectivity index (χ1) is 18.3. The fraction of sp³-hybridized carbons (Fsp3) is 0.379. The fourth-order valence-corrected chi connectivity index (χ4v) is 3.88. The minimum Gasteiger partial charge on any atom is -0.497 e. The number of nitrogens with one attached hydrogen (secondary N) is 2. The molecular formula is C29H36N4O6. The Labute approximate surface area is 229 Å². The van der Waals surface area contributed by atoms with Gasteiger partial charge in [0.25, 0.3) is 5.91 Å². The number of alkyl carbamates (subject to hydrolysis) is 1. The molecule has 0 heterocycles. The molecule has 0 bridgehead atoms. The molecule has 0 aliphatic rings. The maximum absolute atomic E-state index is 14.0. The van der Waals surface area contributed by atoms with Crippen LogP contribution in [0.4, 0.5) is 10.5 Å². The average Bonchev–Trinajstić information content (AvgIpc) is 2.85. The van der Waals surface area contributed by atoms with E-state index in [1.54, 1.807) is 83.1 Å². The predicted octanol–water partition coefficient (Wildman–Crippen LogP) is 3.36. The molecule has 0 spiro atoms. The zero-order valence-corrected chi connectivity index (χ0v) is 23.1. The highest BCUT2D eigenvalue weighted by atomic mass is 16.6. The number of anilines is 1. The molecule has 4 N–H and O–H groups in total. The number of ether oxygens (including phenoxy) is 2. The zero-order chi connectivity index (χ0) is 29.3. The van der Waals surface area contributed by atoms with Crippen LogP contribution in [0.5, 0.6) is 5.75 Å². The number of carbonyl (C=O) groups excluding carboxylic acids is 4. The van der Waals surface area contributed by atoms with Crippen molar-refractivity contribution in [3.63, 3.8) is 0 Å². The third kappa shape index (κ3) is 8.78. The number of benzene rings is 2. The van der Waals surface area contributed by atoms with Gasteiger partial charge in [-0.3, -0.25) is 14.4 Å². The molecule has 2 aromatic rings. The van der Waals surface area contributed by atoms with Crippen molar-refractivity contribution in [3.8, 4) is 18.1 Å². The van der Waals surface area contributed by atoms with Gasteiger partial charge in [0.1, 0.15) is 23.4 Å². The largest absolute Gasteiger partial charge is 0.497 e. The summed E-state index contributed by atoms with van der Waals surface area (Å²) in [6.07, 6.45) is 4.32. The van der Waals surface area contributed by atoms with E-state index in [1.807, 2.05) is 0 Å². The SMILES string of the molecule is C#Cc1ccccc1C(C(=O)Nc1ccc(OC)cc1)N(C(=O)C(CC(N)=O)NC(=O)OC(C)(C)C)C(C)C. The number of primary amides is 1. The highest BCUT2D eigenvalue weighted by molar-refractivity contribution is 6.00. The summed E-state index contributed by atoms with van der Waals surface area (Å²) < 4.78 is 10.5. The third-order valence-electron chi connectivity index (χ3n) is 5.50. The van der Waals surface area contributed by atoms with Gasteiger partial charge in [0, 0.05) is 17.3 Å². The molecule has 0 aromatic heterocycles. The summed E-state index contributed by atoms with van der Waals surface area (Å²) in [6, 6.07) is 10.2. The van der Waals surface area contributed by atoms with Crippen LogP contribution >= 0.6 is 0 Å². The van der Waals surface area contributed by atoms with Crippen molar-refractivity contribution >= 4 is 29.5 Å². The van der Waals surface area contributed by atoms with E-state index in [-0.39, 0.29) is 0 Å². The molecule has 39 heavy (non-hydrogen) atoms. The Hall–Kier alpha value is -4.52. The predicted molar refractivity (Wildman–Crippen MR) is 148 cm³/mol. The second-order valence-electron chi connectivity index (χ2n) is 10.1. The van der Waals surface area contributed by atoms with Gasteiger partial charge in [-0.15, -0.1) is 6.42 Å². The Kier molecular flexibility index (Phi) is 10.5. The molecule has 2 unspecified atom stereocenters. The van der Waals surface area contributed by atoms with Crippen LogP contribution in [-0.2, 0) is 19.1 Å². The van der Waals surface area contributed by atoms with Crippen LogP contribution in [0.25, 0.3) is 0 Å². The van der Waals surface area contributed by atoms with Crippen molar-refractivity contribution in [3.05, 3.63) is 59.7 Å². The number of carbonyl (C=O) groups is 4. The van der Waals surface area contributed by atoms with Crippen molar-refractivity contribution < 1.29 is 28.7 Å². The fourth-order valence-electron chi connectivity index (χ4n) is 3.88. The van der Waals surface area contributed by atoms with Gasteiger partial charge in [0.2, 0.25) is 11.8 Å². The molecule has 10 nitrogen and oxygen atoms in total. The van der Waals surface area contributed by atoms with E-state index in [9.17, 15) is 19.2 Å². The van der Waals surface area contributed by atoms with Gasteiger partial charge in [-0.05, 0) is 70.5 Å². The summed E-state index contributed by atoms with van der Waals surface area (Å²) in [5.41, 5.74) is 5.81. The van der Waals surface area contributed by atoms with Crippen molar-refractivity contribution in [2.24, 2.45) is 5.73 Å². The number of nitrogens with two attached hydrogens (primary N) is 1. The first kappa shape index (κ1) is 30.7. The van der Waals surface area contributed by atoms with Gasteiger partial charge < -0.3 is 30.7 Å². The van der Waals surface area contributed by atoms with Crippen LogP contribution in [0.1, 0.15) is 58.2 Å². The molecule has 0 saturated carbocycles. The van der Waals surface area contributed by atoms with Crippen LogP contribution in [0.3, 0.4) is 0 Å². The number of hydrogen-bond acceptors (Lipinski definition) is 6. The number of terminal acetylenes is 1. The normalized spacial score (nSPS) is 12.5. The lowest BCUT2D eigenvalue weighted by molar-refractivity contribution is -0.143. The molecular weight excluding hydrogens is 500 g/mol. The third-order valence-corrected chi connectivity index (χ3v) is 5.50. The molecule has 10 heteroatoms. The van der Waals surface area contributed by atoms with Gasteiger partial charge in [-0.2, -0.15) is 0 Å².